The maximum Gasteiger partial charge on any atom is 0.243 e. The van der Waals surface area contributed by atoms with Gasteiger partial charge in [-0.25, -0.2) is 4.98 Å². The van der Waals surface area contributed by atoms with Crippen LogP contribution in [0.3, 0.4) is 0 Å². The molecular formula is C21H28N4O. The van der Waals surface area contributed by atoms with Crippen molar-refractivity contribution < 1.29 is 4.79 Å². The molecule has 3 fully saturated rings. The number of imidazole rings is 1. The highest BCUT2D eigenvalue weighted by atomic mass is 16.2. The predicted octanol–water partition coefficient (Wildman–Crippen LogP) is 3.29. The number of hydrogen-bond donors (Lipinski definition) is 1. The van der Waals surface area contributed by atoms with Gasteiger partial charge in [-0.3, -0.25) is 9.69 Å². The minimum Gasteiger partial charge on any atom is -0.342 e. The Morgan fingerprint density at radius 2 is 1.77 bits per heavy atom. The summed E-state index contributed by atoms with van der Waals surface area (Å²) in [6.07, 6.45) is 8.28. The van der Waals surface area contributed by atoms with Gasteiger partial charge in [-0.15, -0.1) is 0 Å². The number of fused-ring (bicyclic) bond motifs is 1. The Morgan fingerprint density at radius 3 is 2.50 bits per heavy atom. The van der Waals surface area contributed by atoms with Gasteiger partial charge in [0, 0.05) is 13.1 Å². The van der Waals surface area contributed by atoms with Crippen LogP contribution < -0.4 is 0 Å². The van der Waals surface area contributed by atoms with E-state index in [0.29, 0.717) is 11.8 Å². The minimum absolute atomic E-state index is 0.201. The highest BCUT2D eigenvalue weighted by molar-refractivity contribution is 5.87. The summed E-state index contributed by atoms with van der Waals surface area (Å²) in [4.78, 5) is 26.3. The van der Waals surface area contributed by atoms with Crippen LogP contribution in [0.4, 0.5) is 0 Å². The molecule has 138 valence electrons. The number of rotatable bonds is 3. The van der Waals surface area contributed by atoms with Crippen molar-refractivity contribution in [2.45, 2.75) is 56.4 Å². The third kappa shape index (κ3) is 2.56. The van der Waals surface area contributed by atoms with E-state index in [-0.39, 0.29) is 5.54 Å². The molecule has 0 unspecified atom stereocenters. The van der Waals surface area contributed by atoms with Crippen LogP contribution in [0.5, 0.6) is 0 Å². The third-order valence-electron chi connectivity index (χ3n) is 6.75. The molecule has 5 heteroatoms. The normalized spacial score (nSPS) is 24.1. The van der Waals surface area contributed by atoms with E-state index in [0.717, 1.165) is 55.9 Å². The summed E-state index contributed by atoms with van der Waals surface area (Å²) >= 11 is 0. The summed E-state index contributed by atoms with van der Waals surface area (Å²) in [6, 6.07) is 8.16. The predicted molar refractivity (Wildman–Crippen MR) is 102 cm³/mol. The third-order valence-corrected chi connectivity index (χ3v) is 6.75. The highest BCUT2D eigenvalue weighted by Crippen LogP contribution is 2.40. The fraction of sp³-hybridized carbons (Fsp3) is 0.619. The monoisotopic (exact) mass is 352 g/mol. The van der Waals surface area contributed by atoms with Gasteiger partial charge in [0.25, 0.3) is 0 Å². The van der Waals surface area contributed by atoms with Gasteiger partial charge in [-0.1, -0.05) is 31.4 Å². The van der Waals surface area contributed by atoms with Gasteiger partial charge in [-0.05, 0) is 50.9 Å². The summed E-state index contributed by atoms with van der Waals surface area (Å²) < 4.78 is 0. The second-order valence-electron chi connectivity index (χ2n) is 8.33. The van der Waals surface area contributed by atoms with E-state index in [1.165, 1.54) is 32.1 Å². The lowest BCUT2D eigenvalue weighted by Crippen LogP contribution is -2.63. The maximum absolute atomic E-state index is 13.5. The van der Waals surface area contributed by atoms with Gasteiger partial charge < -0.3 is 9.88 Å². The average Bonchev–Trinajstić information content (AvgIpc) is 3.31. The van der Waals surface area contributed by atoms with Crippen LogP contribution in [-0.4, -0.2) is 57.4 Å². The Labute approximate surface area is 154 Å². The van der Waals surface area contributed by atoms with E-state index in [2.05, 4.69) is 20.9 Å². The standard InChI is InChI=1S/C21H28N4O/c26-20(21(10-4-1-5-11-21)25-12-6-7-13-25)24-14-16(15-24)19-22-17-8-2-3-9-18(17)23-19/h2-3,8-9,16H,1,4-7,10-15H2,(H,22,23). The lowest BCUT2D eigenvalue weighted by atomic mass is 9.78. The first-order valence-electron chi connectivity index (χ1n) is 10.3. The zero-order valence-corrected chi connectivity index (χ0v) is 15.4. The van der Waals surface area contributed by atoms with Crippen molar-refractivity contribution in [1.29, 1.82) is 0 Å². The number of aromatic amines is 1. The van der Waals surface area contributed by atoms with Crippen LogP contribution >= 0.6 is 0 Å². The maximum atomic E-state index is 13.5. The number of nitrogens with one attached hydrogen (secondary N) is 1. The molecule has 2 saturated heterocycles. The molecule has 1 aromatic carbocycles. The van der Waals surface area contributed by atoms with E-state index in [1.807, 2.05) is 18.2 Å². The quantitative estimate of drug-likeness (QED) is 0.922. The van der Waals surface area contributed by atoms with Crippen LogP contribution in [0.2, 0.25) is 0 Å². The van der Waals surface area contributed by atoms with E-state index in [4.69, 9.17) is 4.98 Å². The molecule has 0 bridgehead atoms. The Balaban J connectivity index is 1.31. The fourth-order valence-electron chi connectivity index (χ4n) is 5.22. The van der Waals surface area contributed by atoms with Crippen molar-refractivity contribution in [2.24, 2.45) is 0 Å². The van der Waals surface area contributed by atoms with Gasteiger partial charge in [0.05, 0.1) is 17.0 Å². The summed E-state index contributed by atoms with van der Waals surface area (Å²) in [5, 5.41) is 0. The number of nitrogens with zero attached hydrogens (tertiary/aromatic N) is 3. The second kappa shape index (κ2) is 6.38. The molecule has 26 heavy (non-hydrogen) atoms. The van der Waals surface area contributed by atoms with Gasteiger partial charge in [0.1, 0.15) is 11.4 Å². The number of hydrogen-bond acceptors (Lipinski definition) is 3. The van der Waals surface area contributed by atoms with E-state index in [1.54, 1.807) is 0 Å². The van der Waals surface area contributed by atoms with E-state index < -0.39 is 0 Å². The molecule has 0 atom stereocenters. The Hall–Kier alpha value is -1.88. The second-order valence-corrected chi connectivity index (χ2v) is 8.33. The minimum atomic E-state index is -0.201. The molecule has 1 N–H and O–H groups in total. The number of likely N-dealkylation sites (tertiary alicyclic amines) is 2. The molecule has 0 spiro atoms. The SMILES string of the molecule is O=C(N1CC(c2nc3ccccc3[nH]2)C1)C1(N2CCCC2)CCCCC1. The number of amides is 1. The first-order chi connectivity index (χ1) is 12.8. The zero-order valence-electron chi connectivity index (χ0n) is 15.4. The van der Waals surface area contributed by atoms with Crippen LogP contribution in [0.25, 0.3) is 11.0 Å². The lowest BCUT2D eigenvalue weighted by Gasteiger charge is -2.49. The number of aromatic nitrogens is 2. The van der Waals surface area contributed by atoms with Crippen molar-refractivity contribution in [3.8, 4) is 0 Å². The number of para-hydroxylation sites is 2. The van der Waals surface area contributed by atoms with Crippen LogP contribution in [-0.2, 0) is 4.79 Å². The van der Waals surface area contributed by atoms with Crippen LogP contribution in [0.15, 0.2) is 24.3 Å². The molecule has 1 aliphatic carbocycles. The number of carbonyl (C=O) groups is 1. The van der Waals surface area contributed by atoms with Crippen molar-refractivity contribution in [3.05, 3.63) is 30.1 Å². The molecular weight excluding hydrogens is 324 g/mol. The van der Waals surface area contributed by atoms with Gasteiger partial charge >= 0.3 is 0 Å². The Kier molecular flexibility index (Phi) is 4.00. The largest absolute Gasteiger partial charge is 0.342 e. The topological polar surface area (TPSA) is 52.2 Å². The fourth-order valence-corrected chi connectivity index (χ4v) is 5.22. The molecule has 1 amide bonds. The smallest absolute Gasteiger partial charge is 0.243 e. The van der Waals surface area contributed by atoms with Crippen LogP contribution in [0, 0.1) is 0 Å². The van der Waals surface area contributed by atoms with E-state index >= 15 is 0 Å². The highest BCUT2D eigenvalue weighted by Gasteiger charge is 2.50. The van der Waals surface area contributed by atoms with Crippen molar-refractivity contribution in [3.63, 3.8) is 0 Å². The molecule has 5 rings (SSSR count). The van der Waals surface area contributed by atoms with Crippen molar-refractivity contribution in [2.75, 3.05) is 26.2 Å². The number of benzene rings is 1. The van der Waals surface area contributed by atoms with Crippen LogP contribution in [0.1, 0.15) is 56.7 Å². The Bertz CT molecular complexity index is 762. The first-order valence-corrected chi connectivity index (χ1v) is 10.3. The number of H-pyrrole nitrogens is 1. The van der Waals surface area contributed by atoms with Gasteiger partial charge in [0.2, 0.25) is 5.91 Å². The zero-order chi connectivity index (χ0) is 17.6. The first kappa shape index (κ1) is 16.3. The van der Waals surface area contributed by atoms with Crippen molar-refractivity contribution in [1.82, 2.24) is 19.8 Å². The average molecular weight is 352 g/mol. The summed E-state index contributed by atoms with van der Waals surface area (Å²) in [5.74, 6) is 1.78. The molecule has 3 aliphatic rings. The molecule has 3 heterocycles. The van der Waals surface area contributed by atoms with Crippen molar-refractivity contribution >= 4 is 16.9 Å². The summed E-state index contributed by atoms with van der Waals surface area (Å²) in [7, 11) is 0. The molecule has 1 aromatic heterocycles. The molecule has 1 saturated carbocycles. The lowest BCUT2D eigenvalue weighted by molar-refractivity contribution is -0.151. The summed E-state index contributed by atoms with van der Waals surface area (Å²) in [6.45, 7) is 3.83. The van der Waals surface area contributed by atoms with Gasteiger partial charge in [0.15, 0.2) is 0 Å². The molecule has 5 nitrogen and oxygen atoms in total. The van der Waals surface area contributed by atoms with Gasteiger partial charge in [-0.2, -0.15) is 0 Å². The molecule has 2 aromatic rings. The summed E-state index contributed by atoms with van der Waals surface area (Å²) in [5.41, 5.74) is 1.91. The Morgan fingerprint density at radius 1 is 1.04 bits per heavy atom. The molecule has 2 aliphatic heterocycles. The molecule has 0 radical (unpaired) electrons. The number of carbonyl (C=O) groups excluding carboxylic acids is 1. The van der Waals surface area contributed by atoms with E-state index in [9.17, 15) is 4.79 Å².